The summed E-state index contributed by atoms with van der Waals surface area (Å²) in [4.78, 5) is 3.24. The number of phenols is 1. The number of hydrogen-bond donors (Lipinski definition) is 2. The molecule has 0 amide bonds. The second kappa shape index (κ2) is 4.06. The zero-order valence-corrected chi connectivity index (χ0v) is 10.5. The minimum atomic E-state index is 0.209. The summed E-state index contributed by atoms with van der Waals surface area (Å²) in [6.45, 7) is 0. The van der Waals surface area contributed by atoms with E-state index in [1.54, 1.807) is 12.1 Å². The number of aromatic nitrogens is 3. The lowest BCUT2D eigenvalue weighted by molar-refractivity contribution is 0.477. The highest BCUT2D eigenvalue weighted by atomic mass is 16.3. The third-order valence-electron chi connectivity index (χ3n) is 3.44. The van der Waals surface area contributed by atoms with Gasteiger partial charge < -0.3 is 10.1 Å². The Labute approximate surface area is 114 Å². The van der Waals surface area contributed by atoms with Crippen LogP contribution in [0.15, 0.2) is 54.6 Å². The van der Waals surface area contributed by atoms with Crippen LogP contribution in [0.25, 0.3) is 33.2 Å². The first-order chi connectivity index (χ1) is 9.83. The second-order valence-corrected chi connectivity index (χ2v) is 4.68. The van der Waals surface area contributed by atoms with Gasteiger partial charge >= 0.3 is 0 Å². The van der Waals surface area contributed by atoms with Gasteiger partial charge in [-0.05, 0) is 24.3 Å². The molecule has 0 saturated heterocycles. The lowest BCUT2D eigenvalue weighted by Gasteiger charge is -2.02. The summed E-state index contributed by atoms with van der Waals surface area (Å²) >= 11 is 0. The molecule has 0 aliphatic heterocycles. The summed E-state index contributed by atoms with van der Waals surface area (Å²) in [5, 5.41) is 20.4. The lowest BCUT2D eigenvalue weighted by Crippen LogP contribution is -1.88. The third-order valence-corrected chi connectivity index (χ3v) is 3.44. The van der Waals surface area contributed by atoms with Crippen LogP contribution in [-0.4, -0.2) is 20.3 Å². The van der Waals surface area contributed by atoms with Crippen molar-refractivity contribution in [2.75, 3.05) is 0 Å². The summed E-state index contributed by atoms with van der Waals surface area (Å²) < 4.78 is 0. The number of fused-ring (bicyclic) bond motifs is 3. The van der Waals surface area contributed by atoms with Crippen LogP contribution < -0.4 is 0 Å². The molecule has 4 aromatic rings. The van der Waals surface area contributed by atoms with Crippen molar-refractivity contribution in [3.63, 3.8) is 0 Å². The first kappa shape index (κ1) is 11.0. The van der Waals surface area contributed by atoms with E-state index >= 15 is 0 Å². The van der Waals surface area contributed by atoms with Gasteiger partial charge in [-0.1, -0.05) is 30.3 Å². The lowest BCUT2D eigenvalue weighted by atomic mass is 10.1. The van der Waals surface area contributed by atoms with Crippen molar-refractivity contribution in [3.8, 4) is 17.0 Å². The van der Waals surface area contributed by atoms with Gasteiger partial charge in [-0.15, -0.1) is 10.2 Å². The average Bonchev–Trinajstić information content (AvgIpc) is 2.85. The van der Waals surface area contributed by atoms with Crippen molar-refractivity contribution in [1.29, 1.82) is 0 Å². The number of benzene rings is 2. The molecule has 0 aliphatic carbocycles. The van der Waals surface area contributed by atoms with Crippen LogP contribution in [0.4, 0.5) is 0 Å². The van der Waals surface area contributed by atoms with Gasteiger partial charge in [-0.2, -0.15) is 0 Å². The van der Waals surface area contributed by atoms with Gasteiger partial charge in [0.15, 0.2) is 5.65 Å². The fourth-order valence-corrected chi connectivity index (χ4v) is 2.47. The summed E-state index contributed by atoms with van der Waals surface area (Å²) in [5.41, 5.74) is 3.14. The van der Waals surface area contributed by atoms with Gasteiger partial charge in [0.05, 0.1) is 5.69 Å². The van der Waals surface area contributed by atoms with E-state index < -0.39 is 0 Å². The van der Waals surface area contributed by atoms with Crippen molar-refractivity contribution in [1.82, 2.24) is 15.2 Å². The van der Waals surface area contributed by atoms with Crippen molar-refractivity contribution in [3.05, 3.63) is 54.6 Å². The Hall–Kier alpha value is -2.88. The molecule has 0 radical (unpaired) electrons. The number of H-pyrrole nitrogens is 1. The quantitative estimate of drug-likeness (QED) is 0.551. The first-order valence-electron chi connectivity index (χ1n) is 6.35. The zero-order chi connectivity index (χ0) is 13.5. The smallest absolute Gasteiger partial charge is 0.161 e. The fourth-order valence-electron chi connectivity index (χ4n) is 2.47. The van der Waals surface area contributed by atoms with E-state index in [2.05, 4.69) is 15.2 Å². The second-order valence-electron chi connectivity index (χ2n) is 4.68. The largest absolute Gasteiger partial charge is 0.507 e. The molecule has 0 unspecified atom stereocenters. The van der Waals surface area contributed by atoms with E-state index in [0.717, 1.165) is 21.9 Å². The van der Waals surface area contributed by atoms with E-state index in [-0.39, 0.29) is 5.75 Å². The monoisotopic (exact) mass is 261 g/mol. The predicted octanol–water partition coefficient (Wildman–Crippen LogP) is 3.48. The van der Waals surface area contributed by atoms with Crippen LogP contribution in [0.1, 0.15) is 0 Å². The van der Waals surface area contributed by atoms with Crippen LogP contribution in [0.3, 0.4) is 0 Å². The number of rotatable bonds is 1. The minimum Gasteiger partial charge on any atom is -0.507 e. The van der Waals surface area contributed by atoms with E-state index in [9.17, 15) is 5.11 Å². The molecule has 0 bridgehead atoms. The summed E-state index contributed by atoms with van der Waals surface area (Å²) in [7, 11) is 0. The molecule has 4 rings (SSSR count). The fraction of sp³-hybridized carbons (Fsp3) is 0. The molecule has 0 spiro atoms. The molecule has 0 fully saturated rings. The average molecular weight is 261 g/mol. The predicted molar refractivity (Wildman–Crippen MR) is 78.5 cm³/mol. The van der Waals surface area contributed by atoms with Crippen LogP contribution in [0.5, 0.6) is 5.75 Å². The van der Waals surface area contributed by atoms with Gasteiger partial charge in [0.2, 0.25) is 0 Å². The van der Waals surface area contributed by atoms with Crippen molar-refractivity contribution < 1.29 is 5.11 Å². The Balaban J connectivity index is 2.03. The molecular formula is C16H11N3O. The van der Waals surface area contributed by atoms with Gasteiger partial charge in [-0.25, -0.2) is 0 Å². The highest BCUT2D eigenvalue weighted by molar-refractivity contribution is 6.06. The zero-order valence-electron chi connectivity index (χ0n) is 10.5. The Morgan fingerprint density at radius 3 is 2.55 bits per heavy atom. The highest BCUT2D eigenvalue weighted by Gasteiger charge is 2.10. The van der Waals surface area contributed by atoms with Gasteiger partial charge in [0, 0.05) is 21.9 Å². The SMILES string of the molecule is Oc1ccccc1-c1cc2c(nn1)[nH]c1ccccc12. The Bertz CT molecular complexity index is 927. The topological polar surface area (TPSA) is 61.8 Å². The number of aromatic amines is 1. The normalized spacial score (nSPS) is 11.2. The standard InChI is InChI=1S/C16H11N3O/c20-15-8-4-2-6-11(15)14-9-12-10-5-1-3-7-13(10)17-16(12)19-18-14/h1-9,20H,(H,17,19). The van der Waals surface area contributed by atoms with Crippen molar-refractivity contribution in [2.45, 2.75) is 0 Å². The van der Waals surface area contributed by atoms with Crippen LogP contribution in [-0.2, 0) is 0 Å². The molecule has 0 saturated carbocycles. The number of para-hydroxylation sites is 2. The maximum Gasteiger partial charge on any atom is 0.161 e. The molecule has 0 aliphatic rings. The minimum absolute atomic E-state index is 0.209. The summed E-state index contributed by atoms with van der Waals surface area (Å²) in [5.74, 6) is 0.209. The third kappa shape index (κ3) is 1.55. The van der Waals surface area contributed by atoms with E-state index in [1.165, 1.54) is 0 Å². The molecule has 2 N–H and O–H groups in total. The number of nitrogens with one attached hydrogen (secondary N) is 1. The van der Waals surface area contributed by atoms with E-state index in [0.29, 0.717) is 11.3 Å². The maximum absolute atomic E-state index is 9.92. The molecule has 4 heteroatoms. The maximum atomic E-state index is 9.92. The van der Waals surface area contributed by atoms with Crippen LogP contribution >= 0.6 is 0 Å². The summed E-state index contributed by atoms with van der Waals surface area (Å²) in [6.07, 6.45) is 0. The van der Waals surface area contributed by atoms with Gasteiger partial charge in [-0.3, -0.25) is 0 Å². The molecule has 2 aromatic heterocycles. The van der Waals surface area contributed by atoms with Gasteiger partial charge in [0.25, 0.3) is 0 Å². The molecule has 2 heterocycles. The van der Waals surface area contributed by atoms with Crippen LogP contribution in [0.2, 0.25) is 0 Å². The Kier molecular flexibility index (Phi) is 2.23. The number of nitrogens with zero attached hydrogens (tertiary/aromatic N) is 2. The molecular weight excluding hydrogens is 250 g/mol. The molecule has 2 aromatic carbocycles. The molecule has 4 nitrogen and oxygen atoms in total. The van der Waals surface area contributed by atoms with Crippen molar-refractivity contribution >= 4 is 21.9 Å². The Morgan fingerprint density at radius 1 is 0.850 bits per heavy atom. The number of hydrogen-bond acceptors (Lipinski definition) is 3. The van der Waals surface area contributed by atoms with Gasteiger partial charge in [0.1, 0.15) is 5.75 Å². The molecule has 20 heavy (non-hydrogen) atoms. The Morgan fingerprint density at radius 2 is 1.65 bits per heavy atom. The first-order valence-corrected chi connectivity index (χ1v) is 6.35. The molecule has 0 atom stereocenters. The highest BCUT2D eigenvalue weighted by Crippen LogP contribution is 2.30. The molecule has 96 valence electrons. The van der Waals surface area contributed by atoms with Crippen LogP contribution in [0, 0.1) is 0 Å². The number of phenolic OH excluding ortho intramolecular Hbond substituents is 1. The summed E-state index contributed by atoms with van der Waals surface area (Å²) in [6, 6.07) is 17.1. The van der Waals surface area contributed by atoms with Crippen molar-refractivity contribution in [2.24, 2.45) is 0 Å². The van der Waals surface area contributed by atoms with E-state index in [1.807, 2.05) is 42.5 Å². The van der Waals surface area contributed by atoms with E-state index in [4.69, 9.17) is 0 Å². The number of aromatic hydroxyl groups is 1.